The van der Waals surface area contributed by atoms with Gasteiger partial charge < -0.3 is 4.74 Å². The van der Waals surface area contributed by atoms with Crippen molar-refractivity contribution in [1.82, 2.24) is 4.90 Å². The summed E-state index contributed by atoms with van der Waals surface area (Å²) in [4.78, 5) is 2.61. The summed E-state index contributed by atoms with van der Waals surface area (Å²) < 4.78 is 5.21. The number of hydrogen-bond donors (Lipinski definition) is 0. The van der Waals surface area contributed by atoms with Crippen LogP contribution in [0.5, 0.6) is 0 Å². The number of hydrogen-bond acceptors (Lipinski definition) is 3. The molecule has 70 valence electrons. The average molecular weight is 187 g/mol. The molecule has 0 aromatic heterocycles. The fourth-order valence-electron chi connectivity index (χ4n) is 1.75. The molecular formula is C9H17NOS. The first-order chi connectivity index (χ1) is 5.90. The number of nitrogens with zero attached hydrogens (tertiary/aromatic N) is 1. The molecule has 1 atom stereocenters. The standard InChI is InChI=1S/C9H17NOS/c1-2-9-5-10(3-4-12-9)8-6-11-7-8/h8-9H,2-7H2,1H3. The van der Waals surface area contributed by atoms with Crippen molar-refractivity contribution < 1.29 is 4.74 Å². The molecule has 0 spiro atoms. The van der Waals surface area contributed by atoms with E-state index in [0.717, 1.165) is 24.5 Å². The maximum atomic E-state index is 5.21. The quantitative estimate of drug-likeness (QED) is 0.645. The Hall–Kier alpha value is 0.270. The lowest BCUT2D eigenvalue weighted by molar-refractivity contribution is -0.0636. The second kappa shape index (κ2) is 3.99. The van der Waals surface area contributed by atoms with Crippen molar-refractivity contribution in [3.8, 4) is 0 Å². The van der Waals surface area contributed by atoms with Crippen LogP contribution in [0.25, 0.3) is 0 Å². The lowest BCUT2D eigenvalue weighted by atomic mass is 10.2. The fourth-order valence-corrected chi connectivity index (χ4v) is 2.96. The van der Waals surface area contributed by atoms with Crippen LogP contribution in [-0.4, -0.2) is 48.2 Å². The molecular weight excluding hydrogens is 170 g/mol. The van der Waals surface area contributed by atoms with Gasteiger partial charge in [-0.15, -0.1) is 0 Å². The van der Waals surface area contributed by atoms with E-state index in [1.165, 1.54) is 25.3 Å². The van der Waals surface area contributed by atoms with Gasteiger partial charge in [0.15, 0.2) is 0 Å². The van der Waals surface area contributed by atoms with Crippen molar-refractivity contribution in [2.75, 3.05) is 32.1 Å². The van der Waals surface area contributed by atoms with Crippen molar-refractivity contribution >= 4 is 11.8 Å². The Morgan fingerprint density at radius 1 is 1.50 bits per heavy atom. The average Bonchev–Trinajstić information content (AvgIpc) is 2.02. The van der Waals surface area contributed by atoms with Gasteiger partial charge in [0, 0.05) is 24.1 Å². The van der Waals surface area contributed by atoms with E-state index >= 15 is 0 Å². The molecule has 1 unspecified atom stereocenters. The maximum absolute atomic E-state index is 5.21. The van der Waals surface area contributed by atoms with Crippen LogP contribution >= 0.6 is 11.8 Å². The Balaban J connectivity index is 1.81. The molecule has 0 saturated carbocycles. The molecule has 0 amide bonds. The van der Waals surface area contributed by atoms with Gasteiger partial charge in [-0.25, -0.2) is 0 Å². The Morgan fingerprint density at radius 2 is 2.33 bits per heavy atom. The third kappa shape index (κ3) is 1.78. The molecule has 3 heteroatoms. The zero-order valence-corrected chi connectivity index (χ0v) is 8.48. The van der Waals surface area contributed by atoms with E-state index in [2.05, 4.69) is 23.6 Å². The van der Waals surface area contributed by atoms with Crippen molar-refractivity contribution in [2.24, 2.45) is 0 Å². The summed E-state index contributed by atoms with van der Waals surface area (Å²) in [6.07, 6.45) is 1.31. The van der Waals surface area contributed by atoms with Crippen LogP contribution in [0.1, 0.15) is 13.3 Å². The van der Waals surface area contributed by atoms with E-state index in [1.54, 1.807) is 0 Å². The summed E-state index contributed by atoms with van der Waals surface area (Å²) in [5, 5.41) is 0.874. The summed E-state index contributed by atoms with van der Waals surface area (Å²) >= 11 is 2.14. The van der Waals surface area contributed by atoms with E-state index in [4.69, 9.17) is 4.74 Å². The van der Waals surface area contributed by atoms with Crippen LogP contribution in [0.2, 0.25) is 0 Å². The maximum Gasteiger partial charge on any atom is 0.0645 e. The highest BCUT2D eigenvalue weighted by Crippen LogP contribution is 2.24. The molecule has 2 aliphatic heterocycles. The van der Waals surface area contributed by atoms with Gasteiger partial charge in [0.25, 0.3) is 0 Å². The van der Waals surface area contributed by atoms with Crippen molar-refractivity contribution in [3.63, 3.8) is 0 Å². The first kappa shape index (κ1) is 8.85. The van der Waals surface area contributed by atoms with Gasteiger partial charge >= 0.3 is 0 Å². The summed E-state index contributed by atoms with van der Waals surface area (Å²) in [6.45, 7) is 6.80. The highest BCUT2D eigenvalue weighted by molar-refractivity contribution is 8.00. The lowest BCUT2D eigenvalue weighted by Gasteiger charge is -2.41. The van der Waals surface area contributed by atoms with E-state index < -0.39 is 0 Å². The third-order valence-electron chi connectivity index (χ3n) is 2.76. The SMILES string of the molecule is CCC1CN(C2COC2)CCS1. The largest absolute Gasteiger partial charge is 0.378 e. The van der Waals surface area contributed by atoms with Gasteiger partial charge in [0.05, 0.1) is 19.3 Å². The molecule has 2 aliphatic rings. The van der Waals surface area contributed by atoms with E-state index in [9.17, 15) is 0 Å². The smallest absolute Gasteiger partial charge is 0.0645 e. The second-order valence-corrected chi connectivity index (χ2v) is 5.00. The number of rotatable bonds is 2. The summed E-state index contributed by atoms with van der Waals surface area (Å²) in [5.74, 6) is 1.31. The molecule has 2 fully saturated rings. The van der Waals surface area contributed by atoms with Crippen molar-refractivity contribution in [1.29, 1.82) is 0 Å². The normalized spacial score (nSPS) is 33.2. The lowest BCUT2D eigenvalue weighted by Crippen LogP contribution is -2.53. The van der Waals surface area contributed by atoms with Crippen LogP contribution in [0, 0.1) is 0 Å². The van der Waals surface area contributed by atoms with Gasteiger partial charge in [-0.3, -0.25) is 4.90 Å². The highest BCUT2D eigenvalue weighted by Gasteiger charge is 2.29. The van der Waals surface area contributed by atoms with Crippen LogP contribution in [0.3, 0.4) is 0 Å². The van der Waals surface area contributed by atoms with E-state index in [1.807, 2.05) is 0 Å². The topological polar surface area (TPSA) is 12.5 Å². The van der Waals surface area contributed by atoms with E-state index in [-0.39, 0.29) is 0 Å². The first-order valence-corrected chi connectivity index (χ1v) is 5.88. The Labute approximate surface area is 78.6 Å². The molecule has 0 bridgehead atoms. The van der Waals surface area contributed by atoms with E-state index in [0.29, 0.717) is 0 Å². The minimum Gasteiger partial charge on any atom is -0.378 e. The molecule has 0 radical (unpaired) electrons. The number of ether oxygens (including phenoxy) is 1. The van der Waals surface area contributed by atoms with Gasteiger partial charge in [-0.2, -0.15) is 11.8 Å². The monoisotopic (exact) mass is 187 g/mol. The minimum absolute atomic E-state index is 0.750. The van der Waals surface area contributed by atoms with Gasteiger partial charge in [0.1, 0.15) is 0 Å². The predicted molar refractivity (Wildman–Crippen MR) is 52.7 cm³/mol. The zero-order chi connectivity index (χ0) is 8.39. The zero-order valence-electron chi connectivity index (χ0n) is 7.66. The summed E-state index contributed by atoms with van der Waals surface area (Å²) in [7, 11) is 0. The molecule has 2 nitrogen and oxygen atoms in total. The molecule has 2 heterocycles. The second-order valence-electron chi connectivity index (χ2n) is 3.59. The predicted octanol–water partition coefficient (Wildman–Crippen LogP) is 1.21. The molecule has 0 aromatic carbocycles. The fraction of sp³-hybridized carbons (Fsp3) is 1.00. The molecule has 0 aromatic rings. The Bertz CT molecular complexity index is 149. The minimum atomic E-state index is 0.750. The van der Waals surface area contributed by atoms with Crippen molar-refractivity contribution in [3.05, 3.63) is 0 Å². The molecule has 2 rings (SSSR count). The van der Waals surface area contributed by atoms with Crippen LogP contribution in [0.15, 0.2) is 0 Å². The molecule has 2 saturated heterocycles. The highest BCUT2D eigenvalue weighted by atomic mass is 32.2. The summed E-state index contributed by atoms with van der Waals surface area (Å²) in [6, 6.07) is 0.750. The number of thioether (sulfide) groups is 1. The van der Waals surface area contributed by atoms with Gasteiger partial charge in [-0.1, -0.05) is 6.92 Å². The van der Waals surface area contributed by atoms with Gasteiger partial charge in [0.2, 0.25) is 0 Å². The first-order valence-electron chi connectivity index (χ1n) is 4.83. The van der Waals surface area contributed by atoms with Crippen LogP contribution < -0.4 is 0 Å². The van der Waals surface area contributed by atoms with Crippen LogP contribution in [-0.2, 0) is 4.74 Å². The third-order valence-corrected chi connectivity index (χ3v) is 4.13. The Kier molecular flexibility index (Phi) is 2.94. The molecule has 12 heavy (non-hydrogen) atoms. The van der Waals surface area contributed by atoms with Crippen molar-refractivity contribution in [2.45, 2.75) is 24.6 Å². The molecule has 0 N–H and O–H groups in total. The molecule has 0 aliphatic carbocycles. The van der Waals surface area contributed by atoms with Crippen LogP contribution in [0.4, 0.5) is 0 Å². The summed E-state index contributed by atoms with van der Waals surface area (Å²) in [5.41, 5.74) is 0. The van der Waals surface area contributed by atoms with Gasteiger partial charge in [-0.05, 0) is 6.42 Å². The Morgan fingerprint density at radius 3 is 2.92 bits per heavy atom.